The Bertz CT molecular complexity index is 223. The maximum atomic E-state index is 10.4. The maximum absolute atomic E-state index is 10.4. The molecular weight excluding hydrogens is 156 g/mol. The summed E-state index contributed by atoms with van der Waals surface area (Å²) in [5.74, 6) is -0.911. The van der Waals surface area contributed by atoms with Crippen LogP contribution in [0.3, 0.4) is 0 Å². The normalized spacial score (nSPS) is 15.2. The van der Waals surface area contributed by atoms with E-state index in [1.54, 1.807) is 6.34 Å². The molecule has 66 valence electrons. The Hall–Kier alpha value is -1.32. The standard InChI is InChI=1S/C8H12N2O2/c1-7(8(11)12)2-4-10-5-3-9-6-10/h6H,1-5H2,(H,11,12). The number of hydrogen-bond donors (Lipinski definition) is 1. The van der Waals surface area contributed by atoms with Gasteiger partial charge in [-0.3, -0.25) is 4.99 Å². The molecule has 0 spiro atoms. The second kappa shape index (κ2) is 3.90. The van der Waals surface area contributed by atoms with Crippen LogP contribution >= 0.6 is 0 Å². The first kappa shape index (κ1) is 8.77. The van der Waals surface area contributed by atoms with Gasteiger partial charge in [-0.25, -0.2) is 4.79 Å². The van der Waals surface area contributed by atoms with E-state index < -0.39 is 5.97 Å². The van der Waals surface area contributed by atoms with Crippen LogP contribution in [-0.4, -0.2) is 41.9 Å². The van der Waals surface area contributed by atoms with Gasteiger partial charge in [-0.2, -0.15) is 0 Å². The first-order valence-electron chi connectivity index (χ1n) is 3.85. The van der Waals surface area contributed by atoms with Gasteiger partial charge in [-0.05, 0) is 6.42 Å². The summed E-state index contributed by atoms with van der Waals surface area (Å²) in [5.41, 5.74) is 0.260. The zero-order valence-electron chi connectivity index (χ0n) is 6.86. The average molecular weight is 168 g/mol. The molecule has 1 aliphatic heterocycles. The van der Waals surface area contributed by atoms with Crippen LogP contribution in [0.15, 0.2) is 17.1 Å². The van der Waals surface area contributed by atoms with Crippen molar-refractivity contribution in [3.8, 4) is 0 Å². The second-order valence-corrected chi connectivity index (χ2v) is 2.72. The number of carboxylic acid groups (broad SMARTS) is 1. The molecule has 0 radical (unpaired) electrons. The summed E-state index contributed by atoms with van der Waals surface area (Å²) in [6, 6.07) is 0. The Morgan fingerprint density at radius 3 is 3.00 bits per heavy atom. The van der Waals surface area contributed by atoms with Gasteiger partial charge in [0.1, 0.15) is 0 Å². The molecule has 0 bridgehead atoms. The van der Waals surface area contributed by atoms with Gasteiger partial charge in [0.15, 0.2) is 0 Å². The van der Waals surface area contributed by atoms with Crippen LogP contribution < -0.4 is 0 Å². The van der Waals surface area contributed by atoms with Crippen molar-refractivity contribution >= 4 is 12.3 Å². The lowest BCUT2D eigenvalue weighted by atomic mass is 10.2. The molecule has 1 aliphatic rings. The minimum atomic E-state index is -0.911. The zero-order valence-corrected chi connectivity index (χ0v) is 6.86. The van der Waals surface area contributed by atoms with E-state index in [2.05, 4.69) is 11.6 Å². The van der Waals surface area contributed by atoms with Crippen LogP contribution in [0.4, 0.5) is 0 Å². The number of nitrogens with zero attached hydrogens (tertiary/aromatic N) is 2. The molecule has 0 aromatic carbocycles. The molecule has 0 aliphatic carbocycles. The van der Waals surface area contributed by atoms with Crippen molar-refractivity contribution in [1.82, 2.24) is 4.90 Å². The zero-order chi connectivity index (χ0) is 8.97. The highest BCUT2D eigenvalue weighted by Gasteiger charge is 2.08. The number of carbonyl (C=O) groups is 1. The second-order valence-electron chi connectivity index (χ2n) is 2.72. The van der Waals surface area contributed by atoms with Crippen molar-refractivity contribution in [3.05, 3.63) is 12.2 Å². The van der Waals surface area contributed by atoms with E-state index in [0.717, 1.165) is 13.1 Å². The molecule has 0 saturated heterocycles. The van der Waals surface area contributed by atoms with Crippen LogP contribution in [-0.2, 0) is 4.79 Å². The van der Waals surface area contributed by atoms with Crippen molar-refractivity contribution in [3.63, 3.8) is 0 Å². The highest BCUT2D eigenvalue weighted by atomic mass is 16.4. The molecule has 0 aromatic rings. The molecule has 1 heterocycles. The monoisotopic (exact) mass is 168 g/mol. The van der Waals surface area contributed by atoms with E-state index in [4.69, 9.17) is 5.11 Å². The molecular formula is C8H12N2O2. The van der Waals surface area contributed by atoms with E-state index in [-0.39, 0.29) is 5.57 Å². The molecule has 0 unspecified atom stereocenters. The van der Waals surface area contributed by atoms with Gasteiger partial charge in [0.05, 0.1) is 12.9 Å². The number of aliphatic imine (C=N–C) groups is 1. The minimum absolute atomic E-state index is 0.260. The lowest BCUT2D eigenvalue weighted by Crippen LogP contribution is -2.22. The molecule has 4 heteroatoms. The number of rotatable bonds is 4. The van der Waals surface area contributed by atoms with Crippen LogP contribution in [0.25, 0.3) is 0 Å². The van der Waals surface area contributed by atoms with Gasteiger partial charge in [-0.15, -0.1) is 0 Å². The third kappa shape index (κ3) is 2.38. The highest BCUT2D eigenvalue weighted by Crippen LogP contribution is 2.01. The van der Waals surface area contributed by atoms with E-state index in [1.165, 1.54) is 0 Å². The summed E-state index contributed by atoms with van der Waals surface area (Å²) in [4.78, 5) is 16.4. The number of carboxylic acids is 1. The van der Waals surface area contributed by atoms with E-state index >= 15 is 0 Å². The molecule has 0 amide bonds. The smallest absolute Gasteiger partial charge is 0.331 e. The Morgan fingerprint density at radius 2 is 2.50 bits per heavy atom. The molecule has 1 N–H and O–H groups in total. The van der Waals surface area contributed by atoms with E-state index in [9.17, 15) is 4.79 Å². The fraction of sp³-hybridized carbons (Fsp3) is 0.500. The van der Waals surface area contributed by atoms with Crippen molar-refractivity contribution in [2.45, 2.75) is 6.42 Å². The summed E-state index contributed by atoms with van der Waals surface area (Å²) >= 11 is 0. The lowest BCUT2D eigenvalue weighted by molar-refractivity contribution is -0.132. The minimum Gasteiger partial charge on any atom is -0.478 e. The Kier molecular flexibility index (Phi) is 2.85. The highest BCUT2D eigenvalue weighted by molar-refractivity contribution is 5.85. The summed E-state index contributed by atoms with van der Waals surface area (Å²) in [5, 5.41) is 8.50. The molecule has 0 aromatic heterocycles. The molecule has 1 rings (SSSR count). The van der Waals surface area contributed by atoms with Crippen LogP contribution in [0.5, 0.6) is 0 Å². The first-order chi connectivity index (χ1) is 5.70. The predicted molar refractivity (Wildman–Crippen MR) is 46.3 cm³/mol. The molecule has 0 atom stereocenters. The Balaban J connectivity index is 2.21. The molecule has 4 nitrogen and oxygen atoms in total. The van der Waals surface area contributed by atoms with Gasteiger partial charge < -0.3 is 10.0 Å². The lowest BCUT2D eigenvalue weighted by Gasteiger charge is -2.12. The van der Waals surface area contributed by atoms with Crippen LogP contribution in [0, 0.1) is 0 Å². The molecule has 12 heavy (non-hydrogen) atoms. The Labute approximate surface area is 71.2 Å². The van der Waals surface area contributed by atoms with Crippen molar-refractivity contribution in [2.24, 2.45) is 4.99 Å². The van der Waals surface area contributed by atoms with Gasteiger partial charge in [0.2, 0.25) is 0 Å². The summed E-state index contributed by atoms with van der Waals surface area (Å²) in [6.07, 6.45) is 2.26. The number of hydrogen-bond acceptors (Lipinski definition) is 3. The van der Waals surface area contributed by atoms with E-state index in [1.807, 2.05) is 4.90 Å². The van der Waals surface area contributed by atoms with Gasteiger partial charge in [-0.1, -0.05) is 6.58 Å². The first-order valence-corrected chi connectivity index (χ1v) is 3.85. The third-order valence-electron chi connectivity index (χ3n) is 1.76. The van der Waals surface area contributed by atoms with Gasteiger partial charge in [0, 0.05) is 18.7 Å². The number of aliphatic carboxylic acids is 1. The predicted octanol–water partition coefficient (Wildman–Crippen LogP) is 0.361. The van der Waals surface area contributed by atoms with Crippen molar-refractivity contribution in [2.75, 3.05) is 19.6 Å². The fourth-order valence-corrected chi connectivity index (χ4v) is 0.972. The van der Waals surface area contributed by atoms with E-state index in [0.29, 0.717) is 13.0 Å². The summed E-state index contributed by atoms with van der Waals surface area (Å²) in [6.45, 7) is 5.86. The summed E-state index contributed by atoms with van der Waals surface area (Å²) < 4.78 is 0. The van der Waals surface area contributed by atoms with Gasteiger partial charge in [0.25, 0.3) is 0 Å². The SMILES string of the molecule is C=C(CCN1C=NCC1)C(=O)O. The Morgan fingerprint density at radius 1 is 1.75 bits per heavy atom. The summed E-state index contributed by atoms with van der Waals surface area (Å²) in [7, 11) is 0. The molecule has 0 fully saturated rings. The third-order valence-corrected chi connectivity index (χ3v) is 1.76. The average Bonchev–Trinajstić information content (AvgIpc) is 2.51. The topological polar surface area (TPSA) is 52.9 Å². The quantitative estimate of drug-likeness (QED) is 0.617. The maximum Gasteiger partial charge on any atom is 0.331 e. The van der Waals surface area contributed by atoms with Crippen molar-refractivity contribution < 1.29 is 9.90 Å². The fourth-order valence-electron chi connectivity index (χ4n) is 0.972. The van der Waals surface area contributed by atoms with Crippen molar-refractivity contribution in [1.29, 1.82) is 0 Å². The molecule has 0 saturated carbocycles. The largest absolute Gasteiger partial charge is 0.478 e. The van der Waals surface area contributed by atoms with Gasteiger partial charge >= 0.3 is 5.97 Å². The van der Waals surface area contributed by atoms with Crippen LogP contribution in [0.2, 0.25) is 0 Å². The van der Waals surface area contributed by atoms with Crippen LogP contribution in [0.1, 0.15) is 6.42 Å².